The molecule has 2 aromatic rings. The number of nitriles is 1. The Morgan fingerprint density at radius 3 is 2.78 bits per heavy atom. The van der Waals surface area contributed by atoms with Gasteiger partial charge in [-0.05, 0) is 30.6 Å². The Morgan fingerprint density at radius 2 is 2.17 bits per heavy atom. The fourth-order valence-electron chi connectivity index (χ4n) is 1.76. The first-order valence-electron chi connectivity index (χ1n) is 5.58. The van der Waals surface area contributed by atoms with Crippen molar-refractivity contribution in [3.05, 3.63) is 57.5 Å². The highest BCUT2D eigenvalue weighted by atomic mass is 32.1. The van der Waals surface area contributed by atoms with Gasteiger partial charge < -0.3 is 0 Å². The standard InChI is InChI=1S/C14H13FN2S/c1-17(10-13-3-2-6-18-13)9-12-5-4-11(8-16)7-14(12)15/h2-7H,9-10H2,1H3. The van der Waals surface area contributed by atoms with E-state index >= 15 is 0 Å². The van der Waals surface area contributed by atoms with Gasteiger partial charge >= 0.3 is 0 Å². The Labute approximate surface area is 110 Å². The van der Waals surface area contributed by atoms with E-state index in [0.29, 0.717) is 17.7 Å². The Morgan fingerprint density at radius 1 is 1.33 bits per heavy atom. The lowest BCUT2D eigenvalue weighted by Crippen LogP contribution is -2.17. The predicted molar refractivity (Wildman–Crippen MR) is 70.6 cm³/mol. The molecule has 0 bridgehead atoms. The minimum atomic E-state index is -0.313. The van der Waals surface area contributed by atoms with Gasteiger partial charge in [-0.3, -0.25) is 4.90 Å². The molecule has 0 saturated heterocycles. The van der Waals surface area contributed by atoms with Crippen molar-refractivity contribution in [1.29, 1.82) is 5.26 Å². The van der Waals surface area contributed by atoms with Crippen LogP contribution in [-0.2, 0) is 13.1 Å². The molecule has 92 valence electrons. The van der Waals surface area contributed by atoms with Crippen molar-refractivity contribution >= 4 is 11.3 Å². The number of hydrogen-bond acceptors (Lipinski definition) is 3. The maximum Gasteiger partial charge on any atom is 0.129 e. The normalized spacial score (nSPS) is 10.6. The zero-order chi connectivity index (χ0) is 13.0. The number of rotatable bonds is 4. The molecular formula is C14H13FN2S. The van der Waals surface area contributed by atoms with Crippen molar-refractivity contribution in [3.8, 4) is 6.07 Å². The van der Waals surface area contributed by atoms with Crippen LogP contribution >= 0.6 is 11.3 Å². The predicted octanol–water partition coefficient (Wildman–Crippen LogP) is 3.39. The summed E-state index contributed by atoms with van der Waals surface area (Å²) in [6, 6.07) is 10.6. The largest absolute Gasteiger partial charge is 0.297 e. The molecular weight excluding hydrogens is 247 g/mol. The van der Waals surface area contributed by atoms with Crippen molar-refractivity contribution in [2.75, 3.05) is 7.05 Å². The molecule has 0 saturated carbocycles. The molecule has 18 heavy (non-hydrogen) atoms. The van der Waals surface area contributed by atoms with E-state index in [1.54, 1.807) is 23.5 Å². The molecule has 2 rings (SSSR count). The first-order valence-corrected chi connectivity index (χ1v) is 6.46. The van der Waals surface area contributed by atoms with Crippen LogP contribution in [0.1, 0.15) is 16.0 Å². The fourth-order valence-corrected chi connectivity index (χ4v) is 2.54. The summed E-state index contributed by atoms with van der Waals surface area (Å²) < 4.78 is 13.7. The van der Waals surface area contributed by atoms with Crippen molar-refractivity contribution in [3.63, 3.8) is 0 Å². The van der Waals surface area contributed by atoms with Gasteiger partial charge in [0, 0.05) is 23.5 Å². The number of halogens is 1. The highest BCUT2D eigenvalue weighted by molar-refractivity contribution is 7.09. The summed E-state index contributed by atoms with van der Waals surface area (Å²) in [5, 5.41) is 10.7. The third-order valence-corrected chi connectivity index (χ3v) is 3.49. The number of thiophene rings is 1. The molecule has 1 aromatic carbocycles. The number of nitrogens with zero attached hydrogens (tertiary/aromatic N) is 2. The molecule has 0 unspecified atom stereocenters. The van der Waals surface area contributed by atoms with Crippen molar-refractivity contribution < 1.29 is 4.39 Å². The summed E-state index contributed by atoms with van der Waals surface area (Å²) in [6.45, 7) is 1.34. The average molecular weight is 260 g/mol. The SMILES string of the molecule is CN(Cc1cccs1)Cc1ccc(C#N)cc1F. The summed E-state index contributed by atoms with van der Waals surface area (Å²) in [6.07, 6.45) is 0. The van der Waals surface area contributed by atoms with E-state index in [1.165, 1.54) is 10.9 Å². The second-order valence-electron chi connectivity index (χ2n) is 4.17. The van der Waals surface area contributed by atoms with E-state index in [2.05, 4.69) is 11.0 Å². The van der Waals surface area contributed by atoms with Crippen LogP contribution in [0.4, 0.5) is 4.39 Å². The second kappa shape index (κ2) is 5.76. The van der Waals surface area contributed by atoms with Crippen molar-refractivity contribution in [2.45, 2.75) is 13.1 Å². The van der Waals surface area contributed by atoms with Crippen LogP contribution in [0.3, 0.4) is 0 Å². The maximum atomic E-state index is 13.7. The van der Waals surface area contributed by atoms with E-state index in [9.17, 15) is 4.39 Å². The van der Waals surface area contributed by atoms with Gasteiger partial charge in [0.25, 0.3) is 0 Å². The first-order chi connectivity index (χ1) is 8.69. The highest BCUT2D eigenvalue weighted by Gasteiger charge is 2.07. The minimum Gasteiger partial charge on any atom is -0.297 e. The zero-order valence-corrected chi connectivity index (χ0v) is 10.9. The van der Waals surface area contributed by atoms with Crippen molar-refractivity contribution in [1.82, 2.24) is 4.90 Å². The smallest absolute Gasteiger partial charge is 0.129 e. The van der Waals surface area contributed by atoms with E-state index < -0.39 is 0 Å². The van der Waals surface area contributed by atoms with Gasteiger partial charge in [-0.2, -0.15) is 5.26 Å². The zero-order valence-electron chi connectivity index (χ0n) is 10.1. The summed E-state index contributed by atoms with van der Waals surface area (Å²) in [5.41, 5.74) is 0.977. The molecule has 0 amide bonds. The van der Waals surface area contributed by atoms with Gasteiger partial charge in [0.15, 0.2) is 0 Å². The molecule has 0 aliphatic rings. The summed E-state index contributed by atoms with van der Waals surface area (Å²) in [5.74, 6) is -0.313. The van der Waals surface area contributed by atoms with E-state index in [1.807, 2.05) is 24.6 Å². The lowest BCUT2D eigenvalue weighted by molar-refractivity contribution is 0.316. The quantitative estimate of drug-likeness (QED) is 0.842. The molecule has 0 spiro atoms. The Hall–Kier alpha value is -1.70. The molecule has 0 fully saturated rings. The molecule has 0 atom stereocenters. The van der Waals surface area contributed by atoms with E-state index in [0.717, 1.165) is 6.54 Å². The molecule has 0 radical (unpaired) electrons. The monoisotopic (exact) mass is 260 g/mol. The van der Waals surface area contributed by atoms with Crippen LogP contribution in [-0.4, -0.2) is 11.9 Å². The third-order valence-electron chi connectivity index (χ3n) is 2.63. The van der Waals surface area contributed by atoms with Crippen LogP contribution in [0.15, 0.2) is 35.7 Å². The minimum absolute atomic E-state index is 0.313. The first kappa shape index (κ1) is 12.7. The number of benzene rings is 1. The van der Waals surface area contributed by atoms with Gasteiger partial charge in [0.05, 0.1) is 11.6 Å². The van der Waals surface area contributed by atoms with Gasteiger partial charge in [-0.1, -0.05) is 12.1 Å². The molecule has 1 heterocycles. The molecule has 0 N–H and O–H groups in total. The van der Waals surface area contributed by atoms with E-state index in [4.69, 9.17) is 5.26 Å². The van der Waals surface area contributed by atoms with Gasteiger partial charge in [-0.25, -0.2) is 4.39 Å². The number of hydrogen-bond donors (Lipinski definition) is 0. The molecule has 4 heteroatoms. The Balaban J connectivity index is 2.03. The Bertz CT molecular complexity index is 558. The molecule has 0 aliphatic carbocycles. The topological polar surface area (TPSA) is 27.0 Å². The Kier molecular flexibility index (Phi) is 4.08. The second-order valence-corrected chi connectivity index (χ2v) is 5.20. The molecule has 2 nitrogen and oxygen atoms in total. The summed E-state index contributed by atoms with van der Waals surface area (Å²) in [7, 11) is 1.96. The van der Waals surface area contributed by atoms with Crippen LogP contribution in [0.2, 0.25) is 0 Å². The average Bonchev–Trinajstić information content (AvgIpc) is 2.84. The highest BCUT2D eigenvalue weighted by Crippen LogP contribution is 2.15. The summed E-state index contributed by atoms with van der Waals surface area (Å²) in [4.78, 5) is 3.31. The molecule has 1 aromatic heterocycles. The van der Waals surface area contributed by atoms with Gasteiger partial charge in [0.1, 0.15) is 5.82 Å². The van der Waals surface area contributed by atoms with Crippen LogP contribution in [0, 0.1) is 17.1 Å². The van der Waals surface area contributed by atoms with Gasteiger partial charge in [0.2, 0.25) is 0 Å². The van der Waals surface area contributed by atoms with E-state index in [-0.39, 0.29) is 5.82 Å². The van der Waals surface area contributed by atoms with Gasteiger partial charge in [-0.15, -0.1) is 11.3 Å². The van der Waals surface area contributed by atoms with Crippen LogP contribution in [0.25, 0.3) is 0 Å². The third kappa shape index (κ3) is 3.16. The van der Waals surface area contributed by atoms with Crippen LogP contribution < -0.4 is 0 Å². The lowest BCUT2D eigenvalue weighted by atomic mass is 10.1. The lowest BCUT2D eigenvalue weighted by Gasteiger charge is -2.16. The van der Waals surface area contributed by atoms with Crippen molar-refractivity contribution in [2.24, 2.45) is 0 Å². The summed E-state index contributed by atoms with van der Waals surface area (Å²) >= 11 is 1.69. The maximum absolute atomic E-state index is 13.7. The van der Waals surface area contributed by atoms with Crippen LogP contribution in [0.5, 0.6) is 0 Å². The molecule has 0 aliphatic heterocycles. The fraction of sp³-hybridized carbons (Fsp3) is 0.214.